The molecule has 1 aromatic heterocycles. The van der Waals surface area contributed by atoms with Crippen LogP contribution in [0.15, 0.2) is 15.7 Å². The fraction of sp³-hybridized carbons (Fsp3) is 0.615. The van der Waals surface area contributed by atoms with Gasteiger partial charge in [0, 0.05) is 24.8 Å². The van der Waals surface area contributed by atoms with Crippen molar-refractivity contribution in [2.24, 2.45) is 5.92 Å². The maximum atomic E-state index is 12.1. The molecule has 1 aromatic rings. The third-order valence-corrected chi connectivity index (χ3v) is 3.73. The Hall–Kier alpha value is -1.89. The zero-order valence-electron chi connectivity index (χ0n) is 11.4. The molecule has 7 heteroatoms. The molecular weight excluding hydrogens is 262 g/mol. The first-order valence-electron chi connectivity index (χ1n) is 6.74. The van der Waals surface area contributed by atoms with Crippen LogP contribution in [0, 0.1) is 5.92 Å². The van der Waals surface area contributed by atoms with E-state index in [4.69, 9.17) is 0 Å². The molecule has 1 atom stereocenters. The molecule has 0 aliphatic carbocycles. The summed E-state index contributed by atoms with van der Waals surface area (Å²) < 4.78 is 0. The normalized spacial score (nSPS) is 18.0. The van der Waals surface area contributed by atoms with Crippen LogP contribution in [-0.2, 0) is 11.2 Å². The second kappa shape index (κ2) is 6.04. The van der Waals surface area contributed by atoms with Crippen molar-refractivity contribution in [1.82, 2.24) is 14.9 Å². The number of H-pyrrole nitrogens is 2. The number of piperidine rings is 1. The maximum absolute atomic E-state index is 12.1. The lowest BCUT2D eigenvalue weighted by atomic mass is 9.92. The third kappa shape index (κ3) is 3.57. The van der Waals surface area contributed by atoms with Gasteiger partial charge in [0.05, 0.1) is 12.5 Å². The molecule has 20 heavy (non-hydrogen) atoms. The first-order valence-corrected chi connectivity index (χ1v) is 6.74. The van der Waals surface area contributed by atoms with Gasteiger partial charge in [-0.3, -0.25) is 14.6 Å². The molecule has 2 rings (SSSR count). The number of likely N-dealkylation sites (tertiary alicyclic amines) is 1. The van der Waals surface area contributed by atoms with Gasteiger partial charge in [0.25, 0.3) is 5.56 Å². The van der Waals surface area contributed by atoms with Gasteiger partial charge in [-0.25, -0.2) is 4.79 Å². The predicted molar refractivity (Wildman–Crippen MR) is 72.4 cm³/mol. The van der Waals surface area contributed by atoms with Crippen LogP contribution >= 0.6 is 0 Å². The van der Waals surface area contributed by atoms with Gasteiger partial charge >= 0.3 is 5.69 Å². The number of carbonyl (C=O) groups excluding carboxylic acids is 1. The molecule has 7 nitrogen and oxygen atoms in total. The number of hydrogen-bond donors (Lipinski definition) is 3. The van der Waals surface area contributed by atoms with Crippen LogP contribution in [0.1, 0.15) is 25.5 Å². The second-order valence-electron chi connectivity index (χ2n) is 5.25. The summed E-state index contributed by atoms with van der Waals surface area (Å²) in [6.45, 7) is 2.97. The SMILES string of the molecule is CC(O)C1CCN(C(=O)Cc2cc(=O)[nH]c(=O)[nH]2)CC1. The molecule has 1 aliphatic heterocycles. The zero-order chi connectivity index (χ0) is 14.7. The number of amides is 1. The third-order valence-electron chi connectivity index (χ3n) is 3.73. The summed E-state index contributed by atoms with van der Waals surface area (Å²) >= 11 is 0. The Morgan fingerprint density at radius 3 is 2.60 bits per heavy atom. The predicted octanol–water partition coefficient (Wildman–Crippen LogP) is -0.775. The van der Waals surface area contributed by atoms with Crippen LogP contribution < -0.4 is 11.2 Å². The Balaban J connectivity index is 1.96. The van der Waals surface area contributed by atoms with Crippen molar-refractivity contribution in [2.45, 2.75) is 32.3 Å². The van der Waals surface area contributed by atoms with Crippen molar-refractivity contribution in [2.75, 3.05) is 13.1 Å². The molecule has 0 bridgehead atoms. The van der Waals surface area contributed by atoms with E-state index in [1.807, 2.05) is 0 Å². The van der Waals surface area contributed by atoms with Gasteiger partial charge in [0.15, 0.2) is 0 Å². The van der Waals surface area contributed by atoms with E-state index in [2.05, 4.69) is 9.97 Å². The molecule has 0 spiro atoms. The highest BCUT2D eigenvalue weighted by molar-refractivity contribution is 5.78. The number of carbonyl (C=O) groups is 1. The number of aromatic amines is 2. The molecule has 1 aliphatic rings. The maximum Gasteiger partial charge on any atom is 0.325 e. The molecule has 1 unspecified atom stereocenters. The lowest BCUT2D eigenvalue weighted by Crippen LogP contribution is -2.41. The van der Waals surface area contributed by atoms with Crippen LogP contribution in [0.25, 0.3) is 0 Å². The number of aromatic nitrogens is 2. The van der Waals surface area contributed by atoms with Gasteiger partial charge in [-0.2, -0.15) is 0 Å². The highest BCUT2D eigenvalue weighted by Gasteiger charge is 2.25. The lowest BCUT2D eigenvalue weighted by molar-refractivity contribution is -0.132. The van der Waals surface area contributed by atoms with E-state index in [9.17, 15) is 19.5 Å². The number of aliphatic hydroxyl groups is 1. The quantitative estimate of drug-likeness (QED) is 0.676. The first-order chi connectivity index (χ1) is 9.45. The number of nitrogens with zero attached hydrogens (tertiary/aromatic N) is 1. The average Bonchev–Trinajstić information content (AvgIpc) is 2.37. The first kappa shape index (κ1) is 14.5. The smallest absolute Gasteiger partial charge is 0.325 e. The van der Waals surface area contributed by atoms with Gasteiger partial charge in [-0.15, -0.1) is 0 Å². The topological polar surface area (TPSA) is 106 Å². The van der Waals surface area contributed by atoms with E-state index in [0.29, 0.717) is 18.8 Å². The van der Waals surface area contributed by atoms with Crippen molar-refractivity contribution in [3.8, 4) is 0 Å². The minimum atomic E-state index is -0.604. The highest BCUT2D eigenvalue weighted by Crippen LogP contribution is 2.20. The number of nitrogens with one attached hydrogen (secondary N) is 2. The molecular formula is C13H19N3O4. The van der Waals surface area contributed by atoms with Crippen molar-refractivity contribution in [3.63, 3.8) is 0 Å². The summed E-state index contributed by atoms with van der Waals surface area (Å²) in [6.07, 6.45) is 1.21. The standard InChI is InChI=1S/C13H19N3O4/c1-8(17)9-2-4-16(5-3-9)12(19)7-10-6-11(18)15-13(20)14-10/h6,8-9,17H,2-5,7H2,1H3,(H2,14,15,18,20). The summed E-state index contributed by atoms with van der Waals surface area (Å²) in [6, 6.07) is 1.22. The number of hydrogen-bond acceptors (Lipinski definition) is 4. The fourth-order valence-electron chi connectivity index (χ4n) is 2.52. The van der Waals surface area contributed by atoms with E-state index in [1.54, 1.807) is 11.8 Å². The van der Waals surface area contributed by atoms with Crippen LogP contribution in [0.4, 0.5) is 0 Å². The van der Waals surface area contributed by atoms with Gasteiger partial charge in [-0.1, -0.05) is 0 Å². The summed E-state index contributed by atoms with van der Waals surface area (Å²) in [4.78, 5) is 40.6. The Bertz CT molecular complexity index is 554. The molecule has 1 fully saturated rings. The minimum Gasteiger partial charge on any atom is -0.393 e. The van der Waals surface area contributed by atoms with Crippen LogP contribution in [0.3, 0.4) is 0 Å². The van der Waals surface area contributed by atoms with Crippen molar-refractivity contribution >= 4 is 5.91 Å². The fourth-order valence-corrected chi connectivity index (χ4v) is 2.52. The monoisotopic (exact) mass is 281 g/mol. The number of aliphatic hydroxyl groups excluding tert-OH is 1. The van der Waals surface area contributed by atoms with Gasteiger partial charge in [0.1, 0.15) is 0 Å². The number of rotatable bonds is 3. The molecule has 0 saturated carbocycles. The van der Waals surface area contributed by atoms with E-state index in [-0.39, 0.29) is 24.3 Å². The zero-order valence-corrected chi connectivity index (χ0v) is 11.4. The van der Waals surface area contributed by atoms with E-state index in [1.165, 1.54) is 6.07 Å². The van der Waals surface area contributed by atoms with Gasteiger partial charge < -0.3 is 15.0 Å². The van der Waals surface area contributed by atoms with Crippen LogP contribution in [0.2, 0.25) is 0 Å². The van der Waals surface area contributed by atoms with Crippen LogP contribution in [0.5, 0.6) is 0 Å². The Kier molecular flexibility index (Phi) is 4.39. The van der Waals surface area contributed by atoms with Gasteiger partial charge in [-0.05, 0) is 25.7 Å². The molecule has 3 N–H and O–H groups in total. The lowest BCUT2D eigenvalue weighted by Gasteiger charge is -2.33. The largest absolute Gasteiger partial charge is 0.393 e. The van der Waals surface area contributed by atoms with E-state index >= 15 is 0 Å². The molecule has 0 radical (unpaired) electrons. The molecule has 1 saturated heterocycles. The van der Waals surface area contributed by atoms with E-state index < -0.39 is 11.2 Å². The summed E-state index contributed by atoms with van der Waals surface area (Å²) in [7, 11) is 0. The minimum absolute atomic E-state index is 0.0124. The molecule has 110 valence electrons. The molecule has 2 heterocycles. The Labute approximate surface area is 115 Å². The Morgan fingerprint density at radius 2 is 2.05 bits per heavy atom. The molecule has 0 aromatic carbocycles. The summed E-state index contributed by atoms with van der Waals surface area (Å²) in [5.41, 5.74) is -0.793. The van der Waals surface area contributed by atoms with Gasteiger partial charge in [0.2, 0.25) is 5.91 Å². The average molecular weight is 281 g/mol. The summed E-state index contributed by atoms with van der Waals surface area (Å²) in [5, 5.41) is 9.52. The molecule has 1 amide bonds. The van der Waals surface area contributed by atoms with Crippen molar-refractivity contribution in [3.05, 3.63) is 32.6 Å². The summed E-state index contributed by atoms with van der Waals surface area (Å²) in [5.74, 6) is 0.119. The van der Waals surface area contributed by atoms with Crippen molar-refractivity contribution in [1.29, 1.82) is 0 Å². The highest BCUT2D eigenvalue weighted by atomic mass is 16.3. The van der Waals surface area contributed by atoms with E-state index in [0.717, 1.165) is 12.8 Å². The second-order valence-corrected chi connectivity index (χ2v) is 5.25. The Morgan fingerprint density at radius 1 is 1.40 bits per heavy atom. The van der Waals surface area contributed by atoms with Crippen LogP contribution in [-0.4, -0.2) is 45.1 Å². The van der Waals surface area contributed by atoms with Crippen molar-refractivity contribution < 1.29 is 9.90 Å².